The van der Waals surface area contributed by atoms with Crippen molar-refractivity contribution >= 4 is 0 Å². The molecule has 0 spiro atoms. The molecule has 3 heterocycles. The first-order chi connectivity index (χ1) is 12.7. The molecule has 0 radical (unpaired) electrons. The molecular weight excluding hydrogens is 324 g/mol. The Morgan fingerprint density at radius 3 is 2.65 bits per heavy atom. The van der Waals surface area contributed by atoms with Crippen LogP contribution in [0.1, 0.15) is 70.1 Å². The molecule has 26 heavy (non-hydrogen) atoms. The van der Waals surface area contributed by atoms with Crippen LogP contribution in [0.25, 0.3) is 0 Å². The van der Waals surface area contributed by atoms with Crippen molar-refractivity contribution in [3.8, 4) is 0 Å². The molecule has 3 aliphatic rings. The molecule has 4 atom stereocenters. The molecule has 4 rings (SSSR count). The van der Waals surface area contributed by atoms with Crippen LogP contribution in [0, 0.1) is 5.92 Å². The normalized spacial score (nSPS) is 34.8. The molecule has 0 unspecified atom stereocenters. The number of hydrogen-bond donors (Lipinski definition) is 1. The van der Waals surface area contributed by atoms with E-state index in [1.165, 1.54) is 57.3 Å². The molecule has 0 aromatic carbocycles. The van der Waals surface area contributed by atoms with Crippen LogP contribution in [0.2, 0.25) is 0 Å². The summed E-state index contributed by atoms with van der Waals surface area (Å²) in [6.45, 7) is 5.85. The van der Waals surface area contributed by atoms with E-state index in [4.69, 9.17) is 4.74 Å². The quantitative estimate of drug-likeness (QED) is 0.895. The first kappa shape index (κ1) is 18.5. The van der Waals surface area contributed by atoms with Gasteiger partial charge in [-0.3, -0.25) is 0 Å². The van der Waals surface area contributed by atoms with E-state index in [1.807, 2.05) is 12.5 Å². The number of imidazole rings is 1. The largest absolute Gasteiger partial charge is 0.372 e. The molecule has 5 heteroatoms. The average Bonchev–Trinajstić information content (AvgIpc) is 3.09. The summed E-state index contributed by atoms with van der Waals surface area (Å²) in [4.78, 5) is 7.04. The number of aromatic nitrogens is 2. The minimum Gasteiger partial charge on any atom is -0.372 e. The number of ether oxygens (including phenoxy) is 1. The fourth-order valence-electron chi connectivity index (χ4n) is 5.33. The molecule has 3 fully saturated rings. The fourth-order valence-corrected chi connectivity index (χ4v) is 5.33. The molecule has 0 amide bonds. The molecule has 1 aromatic heterocycles. The lowest BCUT2D eigenvalue weighted by molar-refractivity contribution is -0.00791. The van der Waals surface area contributed by atoms with E-state index >= 15 is 0 Å². The SMILES string of the molecule is C[C@@H]1CCC[C@H](N2CCC(N[C@H]3CCO[C@H](c4cncn4C)C3)CC2)C1. The van der Waals surface area contributed by atoms with Crippen molar-refractivity contribution in [2.75, 3.05) is 19.7 Å². The average molecular weight is 361 g/mol. The van der Waals surface area contributed by atoms with E-state index in [0.717, 1.165) is 31.4 Å². The van der Waals surface area contributed by atoms with Crippen molar-refractivity contribution in [2.45, 2.75) is 82.5 Å². The molecule has 5 nitrogen and oxygen atoms in total. The summed E-state index contributed by atoms with van der Waals surface area (Å²) in [6, 6.07) is 2.12. The first-order valence-corrected chi connectivity index (χ1v) is 10.8. The standard InChI is InChI=1S/C21H36N4O/c1-16-4-3-5-19(12-16)25-9-6-17(7-10-25)23-18-8-11-26-21(13-18)20-14-22-15-24(20)2/h14-19,21,23H,3-13H2,1-2H3/t16-,18+,19+,21+/m1/s1. The Bertz CT molecular complexity index is 566. The summed E-state index contributed by atoms with van der Waals surface area (Å²) in [5.41, 5.74) is 1.21. The molecule has 1 saturated carbocycles. The second-order valence-corrected chi connectivity index (χ2v) is 8.91. The number of hydrogen-bond acceptors (Lipinski definition) is 4. The maximum atomic E-state index is 6.02. The third-order valence-corrected chi connectivity index (χ3v) is 6.89. The summed E-state index contributed by atoms with van der Waals surface area (Å²) in [7, 11) is 2.06. The highest BCUT2D eigenvalue weighted by molar-refractivity contribution is 5.04. The minimum atomic E-state index is 0.192. The van der Waals surface area contributed by atoms with Crippen molar-refractivity contribution in [3.05, 3.63) is 18.2 Å². The smallest absolute Gasteiger partial charge is 0.100 e. The molecule has 2 saturated heterocycles. The maximum Gasteiger partial charge on any atom is 0.100 e. The highest BCUT2D eigenvalue weighted by Crippen LogP contribution is 2.31. The molecule has 1 N–H and O–H groups in total. The Morgan fingerprint density at radius 1 is 1.08 bits per heavy atom. The summed E-state index contributed by atoms with van der Waals surface area (Å²) in [5, 5.41) is 3.97. The van der Waals surface area contributed by atoms with E-state index in [2.05, 4.69) is 33.7 Å². The Hall–Kier alpha value is -0.910. The summed E-state index contributed by atoms with van der Waals surface area (Å²) in [5.74, 6) is 0.927. The van der Waals surface area contributed by atoms with Crippen LogP contribution >= 0.6 is 0 Å². The van der Waals surface area contributed by atoms with Gasteiger partial charge in [0.05, 0.1) is 18.2 Å². The predicted octanol–water partition coefficient (Wildman–Crippen LogP) is 3.27. The Kier molecular flexibility index (Phi) is 5.97. The molecule has 146 valence electrons. The number of nitrogens with zero attached hydrogens (tertiary/aromatic N) is 3. The maximum absolute atomic E-state index is 6.02. The topological polar surface area (TPSA) is 42.3 Å². The van der Waals surface area contributed by atoms with Gasteiger partial charge in [-0.05, 0) is 57.5 Å². The van der Waals surface area contributed by atoms with Gasteiger partial charge in [0, 0.05) is 31.8 Å². The lowest BCUT2D eigenvalue weighted by Crippen LogP contribution is -2.50. The van der Waals surface area contributed by atoms with Gasteiger partial charge >= 0.3 is 0 Å². The zero-order chi connectivity index (χ0) is 17.9. The lowest BCUT2D eigenvalue weighted by atomic mass is 9.85. The van der Waals surface area contributed by atoms with Crippen molar-refractivity contribution in [2.24, 2.45) is 13.0 Å². The minimum absolute atomic E-state index is 0.192. The van der Waals surface area contributed by atoms with E-state index < -0.39 is 0 Å². The second-order valence-electron chi connectivity index (χ2n) is 8.91. The fraction of sp³-hybridized carbons (Fsp3) is 0.857. The Labute approximate surface area is 158 Å². The Morgan fingerprint density at radius 2 is 1.92 bits per heavy atom. The molecular formula is C21H36N4O. The number of likely N-dealkylation sites (tertiary alicyclic amines) is 1. The van der Waals surface area contributed by atoms with Crippen LogP contribution in [0.15, 0.2) is 12.5 Å². The zero-order valence-electron chi connectivity index (χ0n) is 16.6. The number of aryl methyl sites for hydroxylation is 1. The van der Waals surface area contributed by atoms with Gasteiger partial charge in [0.2, 0.25) is 0 Å². The Balaban J connectivity index is 1.24. The predicted molar refractivity (Wildman–Crippen MR) is 104 cm³/mol. The molecule has 0 bridgehead atoms. The third kappa shape index (κ3) is 4.32. The van der Waals surface area contributed by atoms with Crippen LogP contribution < -0.4 is 5.32 Å². The van der Waals surface area contributed by atoms with Crippen LogP contribution in [0.5, 0.6) is 0 Å². The van der Waals surface area contributed by atoms with Crippen molar-refractivity contribution < 1.29 is 4.74 Å². The van der Waals surface area contributed by atoms with Gasteiger partial charge in [-0.25, -0.2) is 4.98 Å². The summed E-state index contributed by atoms with van der Waals surface area (Å²) < 4.78 is 8.11. The van der Waals surface area contributed by atoms with E-state index in [9.17, 15) is 0 Å². The van der Waals surface area contributed by atoms with E-state index in [1.54, 1.807) is 0 Å². The molecule has 1 aliphatic carbocycles. The van der Waals surface area contributed by atoms with Crippen LogP contribution in [-0.2, 0) is 11.8 Å². The first-order valence-electron chi connectivity index (χ1n) is 10.8. The molecule has 2 aliphatic heterocycles. The monoisotopic (exact) mass is 360 g/mol. The van der Waals surface area contributed by atoms with Crippen LogP contribution in [0.3, 0.4) is 0 Å². The van der Waals surface area contributed by atoms with Crippen LogP contribution in [0.4, 0.5) is 0 Å². The number of rotatable bonds is 4. The van der Waals surface area contributed by atoms with Gasteiger partial charge in [-0.1, -0.05) is 19.8 Å². The van der Waals surface area contributed by atoms with Crippen molar-refractivity contribution in [3.63, 3.8) is 0 Å². The van der Waals surface area contributed by atoms with E-state index in [0.29, 0.717) is 12.1 Å². The van der Waals surface area contributed by atoms with Gasteiger partial charge < -0.3 is 19.5 Å². The van der Waals surface area contributed by atoms with E-state index in [-0.39, 0.29) is 6.10 Å². The zero-order valence-corrected chi connectivity index (χ0v) is 16.6. The van der Waals surface area contributed by atoms with Crippen molar-refractivity contribution in [1.29, 1.82) is 0 Å². The number of nitrogens with one attached hydrogen (secondary N) is 1. The summed E-state index contributed by atoms with van der Waals surface area (Å²) in [6.07, 6.45) is 14.6. The number of piperidine rings is 1. The third-order valence-electron chi connectivity index (χ3n) is 6.89. The van der Waals surface area contributed by atoms with Gasteiger partial charge in [0.1, 0.15) is 6.10 Å². The molecule has 1 aromatic rings. The van der Waals surface area contributed by atoms with Crippen LogP contribution in [-0.4, -0.2) is 52.3 Å². The van der Waals surface area contributed by atoms with Crippen molar-refractivity contribution in [1.82, 2.24) is 19.8 Å². The summed E-state index contributed by atoms with van der Waals surface area (Å²) >= 11 is 0. The van der Waals surface area contributed by atoms with Gasteiger partial charge in [0.15, 0.2) is 0 Å². The van der Waals surface area contributed by atoms with Gasteiger partial charge in [-0.15, -0.1) is 0 Å². The van der Waals surface area contributed by atoms with Gasteiger partial charge in [-0.2, -0.15) is 0 Å². The lowest BCUT2D eigenvalue weighted by Gasteiger charge is -2.42. The highest BCUT2D eigenvalue weighted by Gasteiger charge is 2.31. The second kappa shape index (κ2) is 8.41. The highest BCUT2D eigenvalue weighted by atomic mass is 16.5. The van der Waals surface area contributed by atoms with Gasteiger partial charge in [0.25, 0.3) is 0 Å².